The van der Waals surface area contributed by atoms with Crippen LogP contribution >= 0.6 is 0 Å². The first-order valence-corrected chi connectivity index (χ1v) is 6.64. The molecule has 0 saturated carbocycles. The molecule has 0 aliphatic rings. The van der Waals surface area contributed by atoms with E-state index in [1.807, 2.05) is 0 Å². The van der Waals surface area contributed by atoms with E-state index in [0.29, 0.717) is 0 Å². The van der Waals surface area contributed by atoms with Crippen molar-refractivity contribution in [2.45, 2.75) is 26.0 Å². The van der Waals surface area contributed by atoms with Crippen molar-refractivity contribution in [2.75, 3.05) is 4.72 Å². The first kappa shape index (κ1) is 13.5. The number of hydrogen-bond acceptors (Lipinski definition) is 3. The van der Waals surface area contributed by atoms with E-state index in [1.165, 1.54) is 26.0 Å². The third kappa shape index (κ3) is 3.20. The average Bonchev–Trinajstić information content (AvgIpc) is 2.15. The Labute approximate surface area is 101 Å². The highest BCUT2D eigenvalue weighted by Gasteiger charge is 2.19. The highest BCUT2D eigenvalue weighted by Crippen LogP contribution is 2.20. The Balaban J connectivity index is 3.22. The van der Waals surface area contributed by atoms with Crippen LogP contribution in [0.5, 0.6) is 0 Å². The van der Waals surface area contributed by atoms with Crippen molar-refractivity contribution < 1.29 is 18.3 Å². The second-order valence-electron chi connectivity index (χ2n) is 4.05. The van der Waals surface area contributed by atoms with Crippen LogP contribution in [-0.2, 0) is 10.0 Å². The van der Waals surface area contributed by atoms with E-state index in [1.54, 1.807) is 13.0 Å². The molecular weight excluding hydrogens is 242 g/mol. The van der Waals surface area contributed by atoms with Crippen LogP contribution in [0.15, 0.2) is 18.2 Å². The molecule has 5 nitrogen and oxygen atoms in total. The number of aromatic carboxylic acids is 1. The van der Waals surface area contributed by atoms with Crippen molar-refractivity contribution in [3.05, 3.63) is 29.3 Å². The Morgan fingerprint density at radius 2 is 1.94 bits per heavy atom. The van der Waals surface area contributed by atoms with Crippen LogP contribution in [-0.4, -0.2) is 24.7 Å². The van der Waals surface area contributed by atoms with E-state index >= 15 is 0 Å². The molecule has 1 rings (SSSR count). The van der Waals surface area contributed by atoms with Gasteiger partial charge >= 0.3 is 5.97 Å². The zero-order valence-electron chi connectivity index (χ0n) is 9.89. The Hall–Kier alpha value is -1.56. The van der Waals surface area contributed by atoms with Crippen molar-refractivity contribution in [1.29, 1.82) is 0 Å². The lowest BCUT2D eigenvalue weighted by atomic mass is 10.1. The minimum absolute atomic E-state index is 0.0557. The number of carboxylic acid groups (broad SMARTS) is 1. The van der Waals surface area contributed by atoms with E-state index in [2.05, 4.69) is 4.72 Å². The van der Waals surface area contributed by atoms with Gasteiger partial charge in [0.05, 0.1) is 16.5 Å². The predicted molar refractivity (Wildman–Crippen MR) is 65.8 cm³/mol. The van der Waals surface area contributed by atoms with Crippen LogP contribution in [0.1, 0.15) is 29.8 Å². The lowest BCUT2D eigenvalue weighted by Crippen LogP contribution is -2.23. The maximum Gasteiger partial charge on any atom is 0.337 e. The van der Waals surface area contributed by atoms with E-state index in [-0.39, 0.29) is 11.3 Å². The van der Waals surface area contributed by atoms with Crippen LogP contribution in [0.25, 0.3) is 0 Å². The van der Waals surface area contributed by atoms with Gasteiger partial charge in [-0.15, -0.1) is 0 Å². The Morgan fingerprint density at radius 3 is 2.41 bits per heavy atom. The van der Waals surface area contributed by atoms with Crippen molar-refractivity contribution >= 4 is 21.7 Å². The number of nitrogens with one attached hydrogen (secondary N) is 1. The summed E-state index contributed by atoms with van der Waals surface area (Å²) in [5.41, 5.74) is 0.836. The zero-order valence-corrected chi connectivity index (χ0v) is 10.7. The number of anilines is 1. The molecule has 17 heavy (non-hydrogen) atoms. The highest BCUT2D eigenvalue weighted by molar-refractivity contribution is 7.93. The highest BCUT2D eigenvalue weighted by atomic mass is 32.2. The van der Waals surface area contributed by atoms with Crippen molar-refractivity contribution in [3.63, 3.8) is 0 Å². The van der Waals surface area contributed by atoms with Crippen LogP contribution in [0, 0.1) is 6.92 Å². The molecule has 0 bridgehead atoms. The summed E-state index contributed by atoms with van der Waals surface area (Å²) >= 11 is 0. The molecule has 0 saturated heterocycles. The minimum atomic E-state index is -3.54. The fourth-order valence-electron chi connectivity index (χ4n) is 1.20. The number of carboxylic acids is 1. The summed E-state index contributed by atoms with van der Waals surface area (Å²) in [4.78, 5) is 11.0. The summed E-state index contributed by atoms with van der Waals surface area (Å²) in [6.45, 7) is 4.82. The van der Waals surface area contributed by atoms with Gasteiger partial charge < -0.3 is 5.11 Å². The van der Waals surface area contributed by atoms with Gasteiger partial charge in [0.25, 0.3) is 0 Å². The van der Waals surface area contributed by atoms with Crippen molar-refractivity contribution in [3.8, 4) is 0 Å². The predicted octanol–water partition coefficient (Wildman–Crippen LogP) is 1.84. The van der Waals surface area contributed by atoms with E-state index in [0.717, 1.165) is 5.56 Å². The van der Waals surface area contributed by atoms with E-state index in [4.69, 9.17) is 5.11 Å². The number of hydrogen-bond donors (Lipinski definition) is 2. The number of rotatable bonds is 4. The summed E-state index contributed by atoms with van der Waals surface area (Å²) in [7, 11) is -3.54. The van der Waals surface area contributed by atoms with Crippen LogP contribution in [0.2, 0.25) is 0 Å². The molecular formula is C11H15NO4S. The van der Waals surface area contributed by atoms with Crippen LogP contribution < -0.4 is 4.72 Å². The number of benzene rings is 1. The molecule has 0 fully saturated rings. The largest absolute Gasteiger partial charge is 0.478 e. The maximum absolute atomic E-state index is 11.7. The normalized spacial score (nSPS) is 11.5. The van der Waals surface area contributed by atoms with Gasteiger partial charge in [0.1, 0.15) is 0 Å². The Bertz CT molecular complexity index is 534. The van der Waals surface area contributed by atoms with Gasteiger partial charge in [-0.3, -0.25) is 4.72 Å². The van der Waals surface area contributed by atoms with E-state index in [9.17, 15) is 13.2 Å². The maximum atomic E-state index is 11.7. The third-order valence-corrected chi connectivity index (χ3v) is 4.02. The standard InChI is InChI=1S/C11H15NO4S/c1-7(2)17(15,16)12-10-6-8(3)4-5-9(10)11(13)14/h4-7,12H,1-3H3,(H,13,14). The molecule has 1 aromatic rings. The average molecular weight is 257 g/mol. The summed E-state index contributed by atoms with van der Waals surface area (Å²) in [5, 5.41) is 8.34. The quantitative estimate of drug-likeness (QED) is 0.862. The van der Waals surface area contributed by atoms with Crippen molar-refractivity contribution in [1.82, 2.24) is 0 Å². The summed E-state index contributed by atoms with van der Waals surface area (Å²) < 4.78 is 25.7. The first-order chi connectivity index (χ1) is 7.74. The van der Waals surface area contributed by atoms with E-state index < -0.39 is 21.2 Å². The number of sulfonamides is 1. The first-order valence-electron chi connectivity index (χ1n) is 5.09. The summed E-state index contributed by atoms with van der Waals surface area (Å²) in [6, 6.07) is 4.51. The topological polar surface area (TPSA) is 83.5 Å². The summed E-state index contributed by atoms with van der Waals surface area (Å²) in [5.74, 6) is -1.16. The monoisotopic (exact) mass is 257 g/mol. The van der Waals surface area contributed by atoms with Gasteiger partial charge in [-0.2, -0.15) is 0 Å². The van der Waals surface area contributed by atoms with Crippen LogP contribution in [0.3, 0.4) is 0 Å². The lowest BCUT2D eigenvalue weighted by Gasteiger charge is -2.13. The number of aryl methyl sites for hydroxylation is 1. The molecule has 0 unspecified atom stereocenters. The number of carbonyl (C=O) groups is 1. The molecule has 0 atom stereocenters. The SMILES string of the molecule is Cc1ccc(C(=O)O)c(NS(=O)(=O)C(C)C)c1. The molecule has 1 aromatic carbocycles. The lowest BCUT2D eigenvalue weighted by molar-refractivity contribution is 0.0698. The van der Waals surface area contributed by atoms with Gasteiger partial charge in [-0.1, -0.05) is 6.07 Å². The fourth-order valence-corrected chi connectivity index (χ4v) is 1.91. The molecule has 0 aromatic heterocycles. The molecule has 0 heterocycles. The zero-order chi connectivity index (χ0) is 13.2. The van der Waals surface area contributed by atoms with Crippen LogP contribution in [0.4, 0.5) is 5.69 Å². The molecule has 0 spiro atoms. The third-order valence-electron chi connectivity index (χ3n) is 2.28. The second-order valence-corrected chi connectivity index (χ2v) is 6.29. The molecule has 6 heteroatoms. The Morgan fingerprint density at radius 1 is 1.35 bits per heavy atom. The molecule has 94 valence electrons. The van der Waals surface area contributed by atoms with Gasteiger partial charge in [-0.25, -0.2) is 13.2 Å². The molecule has 0 aliphatic heterocycles. The fraction of sp³-hybridized carbons (Fsp3) is 0.364. The molecule has 0 aliphatic carbocycles. The van der Waals surface area contributed by atoms with Gasteiger partial charge in [0.15, 0.2) is 0 Å². The van der Waals surface area contributed by atoms with Gasteiger partial charge in [0, 0.05) is 0 Å². The molecule has 0 amide bonds. The molecule has 0 radical (unpaired) electrons. The molecule has 2 N–H and O–H groups in total. The Kier molecular flexibility index (Phi) is 3.77. The van der Waals surface area contributed by atoms with Crippen molar-refractivity contribution in [2.24, 2.45) is 0 Å². The second kappa shape index (κ2) is 4.75. The smallest absolute Gasteiger partial charge is 0.337 e. The van der Waals surface area contributed by atoms with Gasteiger partial charge in [0.2, 0.25) is 10.0 Å². The minimum Gasteiger partial charge on any atom is -0.478 e. The summed E-state index contributed by atoms with van der Waals surface area (Å²) in [6.07, 6.45) is 0. The van der Waals surface area contributed by atoms with Gasteiger partial charge in [-0.05, 0) is 38.5 Å².